The van der Waals surface area contributed by atoms with Gasteiger partial charge in [-0.3, -0.25) is 0 Å². The molecule has 0 bridgehead atoms. The van der Waals surface area contributed by atoms with Crippen LogP contribution in [-0.2, 0) is 14.8 Å². The minimum Gasteiger partial charge on any atom is -0.478 e. The lowest BCUT2D eigenvalue weighted by Crippen LogP contribution is -2.31. The van der Waals surface area contributed by atoms with E-state index in [1.807, 2.05) is 6.92 Å². The van der Waals surface area contributed by atoms with Gasteiger partial charge in [0.15, 0.2) is 0 Å². The third kappa shape index (κ3) is 4.03. The van der Waals surface area contributed by atoms with Gasteiger partial charge >= 0.3 is 5.97 Å². The molecular formula is C14H21NO5S. The fraction of sp³-hybridized carbons (Fsp3) is 0.500. The van der Waals surface area contributed by atoms with Gasteiger partial charge in [0.25, 0.3) is 0 Å². The molecule has 1 rings (SSSR count). The molecule has 0 aromatic heterocycles. The Morgan fingerprint density at radius 3 is 2.43 bits per heavy atom. The van der Waals surface area contributed by atoms with E-state index in [4.69, 9.17) is 9.84 Å². The molecule has 0 unspecified atom stereocenters. The minimum absolute atomic E-state index is 0.00242. The summed E-state index contributed by atoms with van der Waals surface area (Å²) in [6.45, 7) is 6.15. The maximum Gasteiger partial charge on any atom is 0.335 e. The Labute approximate surface area is 125 Å². The Morgan fingerprint density at radius 1 is 1.29 bits per heavy atom. The van der Waals surface area contributed by atoms with E-state index in [0.29, 0.717) is 24.3 Å². The van der Waals surface area contributed by atoms with Crippen LogP contribution in [0.25, 0.3) is 0 Å². The number of hydrogen-bond acceptors (Lipinski definition) is 4. The molecule has 0 saturated carbocycles. The Hall–Kier alpha value is -1.44. The van der Waals surface area contributed by atoms with Crippen molar-refractivity contribution in [3.8, 4) is 0 Å². The number of likely N-dealkylation sites (N-methyl/N-ethyl adjacent to an activating group) is 1. The van der Waals surface area contributed by atoms with Crippen molar-refractivity contribution in [3.05, 3.63) is 28.8 Å². The number of nitrogens with zero attached hydrogens (tertiary/aromatic N) is 1. The first-order chi connectivity index (χ1) is 9.71. The van der Waals surface area contributed by atoms with E-state index in [2.05, 4.69) is 0 Å². The van der Waals surface area contributed by atoms with Crippen LogP contribution in [0.5, 0.6) is 0 Å². The second-order valence-corrected chi connectivity index (χ2v) is 6.77. The van der Waals surface area contributed by atoms with E-state index in [1.54, 1.807) is 19.9 Å². The Morgan fingerprint density at radius 2 is 1.90 bits per heavy atom. The molecule has 6 nitrogen and oxygen atoms in total. The topological polar surface area (TPSA) is 83.9 Å². The van der Waals surface area contributed by atoms with Gasteiger partial charge in [0.2, 0.25) is 10.0 Å². The number of ether oxygens (including phenoxy) is 1. The van der Waals surface area contributed by atoms with Crippen LogP contribution in [0.2, 0.25) is 0 Å². The summed E-state index contributed by atoms with van der Waals surface area (Å²) in [6, 6.07) is 2.80. The van der Waals surface area contributed by atoms with Gasteiger partial charge in [0.1, 0.15) is 0 Å². The summed E-state index contributed by atoms with van der Waals surface area (Å²) in [6.07, 6.45) is 0. The number of hydrogen-bond donors (Lipinski definition) is 1. The molecule has 1 N–H and O–H groups in total. The van der Waals surface area contributed by atoms with Gasteiger partial charge in [-0.05, 0) is 38.0 Å². The van der Waals surface area contributed by atoms with Crippen LogP contribution in [0, 0.1) is 13.8 Å². The highest BCUT2D eigenvalue weighted by Gasteiger charge is 2.24. The van der Waals surface area contributed by atoms with Crippen molar-refractivity contribution in [2.45, 2.75) is 25.7 Å². The molecule has 0 aliphatic rings. The van der Waals surface area contributed by atoms with Crippen molar-refractivity contribution >= 4 is 16.0 Å². The van der Waals surface area contributed by atoms with Crippen LogP contribution in [0.15, 0.2) is 17.0 Å². The quantitative estimate of drug-likeness (QED) is 0.774. The van der Waals surface area contributed by atoms with E-state index in [0.717, 1.165) is 0 Å². The normalized spacial score (nSPS) is 11.9. The number of aromatic carboxylic acids is 1. The number of benzene rings is 1. The van der Waals surface area contributed by atoms with Gasteiger partial charge < -0.3 is 9.84 Å². The summed E-state index contributed by atoms with van der Waals surface area (Å²) in [5.74, 6) is -1.14. The van der Waals surface area contributed by atoms with Crippen molar-refractivity contribution in [2.75, 3.05) is 26.8 Å². The largest absolute Gasteiger partial charge is 0.478 e. The van der Waals surface area contributed by atoms with Crippen molar-refractivity contribution in [1.82, 2.24) is 4.31 Å². The number of sulfonamides is 1. The molecule has 118 valence electrons. The number of carboxylic acids is 1. The average molecular weight is 315 g/mol. The van der Waals surface area contributed by atoms with Crippen LogP contribution in [-0.4, -0.2) is 50.6 Å². The van der Waals surface area contributed by atoms with Crippen LogP contribution < -0.4 is 0 Å². The van der Waals surface area contributed by atoms with Crippen LogP contribution >= 0.6 is 0 Å². The molecule has 1 aromatic rings. The smallest absolute Gasteiger partial charge is 0.335 e. The molecule has 0 atom stereocenters. The van der Waals surface area contributed by atoms with Crippen LogP contribution in [0.3, 0.4) is 0 Å². The van der Waals surface area contributed by atoms with Gasteiger partial charge in [0.05, 0.1) is 17.1 Å². The number of carboxylic acid groups (broad SMARTS) is 1. The van der Waals surface area contributed by atoms with Gasteiger partial charge in [-0.15, -0.1) is 0 Å². The molecule has 0 aliphatic carbocycles. The lowest BCUT2D eigenvalue weighted by atomic mass is 10.1. The average Bonchev–Trinajstić information content (AvgIpc) is 2.37. The summed E-state index contributed by atoms with van der Waals surface area (Å²) >= 11 is 0. The highest BCUT2D eigenvalue weighted by atomic mass is 32.2. The van der Waals surface area contributed by atoms with Crippen molar-refractivity contribution in [3.63, 3.8) is 0 Å². The first kappa shape index (κ1) is 17.6. The predicted molar refractivity (Wildman–Crippen MR) is 79.2 cm³/mol. The highest BCUT2D eigenvalue weighted by molar-refractivity contribution is 7.89. The summed E-state index contributed by atoms with van der Waals surface area (Å²) in [5.41, 5.74) is 1.06. The van der Waals surface area contributed by atoms with Crippen molar-refractivity contribution in [2.24, 2.45) is 0 Å². The second-order valence-electron chi connectivity index (χ2n) is 4.76. The van der Waals surface area contributed by atoms with E-state index in [-0.39, 0.29) is 17.0 Å². The molecule has 21 heavy (non-hydrogen) atoms. The van der Waals surface area contributed by atoms with Gasteiger partial charge in [0, 0.05) is 20.2 Å². The molecule has 0 saturated heterocycles. The molecule has 0 spiro atoms. The SMILES string of the molecule is CCOCCN(C)S(=O)(=O)c1cc(C(=O)O)c(C)cc1C. The summed E-state index contributed by atoms with van der Waals surface area (Å²) in [4.78, 5) is 11.2. The monoisotopic (exact) mass is 315 g/mol. The lowest BCUT2D eigenvalue weighted by molar-refractivity contribution is 0.0696. The van der Waals surface area contributed by atoms with Crippen molar-refractivity contribution in [1.29, 1.82) is 0 Å². The zero-order valence-electron chi connectivity index (χ0n) is 12.7. The summed E-state index contributed by atoms with van der Waals surface area (Å²) in [7, 11) is -2.28. The summed E-state index contributed by atoms with van der Waals surface area (Å²) in [5, 5.41) is 9.13. The number of carbonyl (C=O) groups is 1. The Kier molecular flexibility index (Phi) is 5.88. The van der Waals surface area contributed by atoms with Gasteiger partial charge in [-0.1, -0.05) is 6.07 Å². The fourth-order valence-corrected chi connectivity index (χ4v) is 3.35. The van der Waals surface area contributed by atoms with Crippen LogP contribution in [0.4, 0.5) is 0 Å². The van der Waals surface area contributed by atoms with Gasteiger partial charge in [-0.2, -0.15) is 4.31 Å². The summed E-state index contributed by atoms with van der Waals surface area (Å²) < 4.78 is 31.3. The van der Waals surface area contributed by atoms with E-state index >= 15 is 0 Å². The molecule has 0 aliphatic heterocycles. The first-order valence-electron chi connectivity index (χ1n) is 6.60. The predicted octanol–water partition coefficient (Wildman–Crippen LogP) is 1.66. The van der Waals surface area contributed by atoms with E-state index < -0.39 is 16.0 Å². The van der Waals surface area contributed by atoms with Crippen LogP contribution in [0.1, 0.15) is 28.4 Å². The Balaban J connectivity index is 3.19. The molecule has 0 heterocycles. The van der Waals surface area contributed by atoms with E-state index in [1.165, 1.54) is 17.4 Å². The van der Waals surface area contributed by atoms with E-state index in [9.17, 15) is 13.2 Å². The number of rotatable bonds is 7. The maximum atomic E-state index is 12.5. The zero-order valence-corrected chi connectivity index (χ0v) is 13.5. The molecule has 7 heteroatoms. The standard InChI is InChI=1S/C14H21NO5S/c1-5-20-7-6-15(4)21(18,19)13-9-12(14(16)17)10(2)8-11(13)3/h8-9H,5-7H2,1-4H3,(H,16,17). The van der Waals surface area contributed by atoms with Crippen molar-refractivity contribution < 1.29 is 23.1 Å². The fourth-order valence-electron chi connectivity index (χ4n) is 1.97. The molecule has 0 radical (unpaired) electrons. The second kappa shape index (κ2) is 7.02. The zero-order chi connectivity index (χ0) is 16.2. The molecule has 0 fully saturated rings. The molecule has 0 amide bonds. The third-order valence-electron chi connectivity index (χ3n) is 3.20. The Bertz CT molecular complexity index is 624. The molecular weight excluding hydrogens is 294 g/mol. The third-order valence-corrected chi connectivity index (χ3v) is 5.19. The minimum atomic E-state index is -3.73. The molecule has 1 aromatic carbocycles. The maximum absolute atomic E-state index is 12.5. The lowest BCUT2D eigenvalue weighted by Gasteiger charge is -2.19. The first-order valence-corrected chi connectivity index (χ1v) is 8.04. The highest BCUT2D eigenvalue weighted by Crippen LogP contribution is 2.23. The number of aryl methyl sites for hydroxylation is 2. The van der Waals surface area contributed by atoms with Gasteiger partial charge in [-0.25, -0.2) is 13.2 Å².